The molecule has 2 aromatic carbocycles. The third-order valence-corrected chi connectivity index (χ3v) is 6.22. The van der Waals surface area contributed by atoms with Gasteiger partial charge in [0.05, 0.1) is 25.1 Å². The SMILES string of the molecule is C#C.C#Cc1cnc2cccnn12.CC(=O)c1cccc(C#Cc2cnc3cccnn23)c1.COC(=O)c1cccc(I)c1.[2H][2H].[B]. The van der Waals surface area contributed by atoms with E-state index in [4.69, 9.17) is 9.39 Å². The minimum absolute atomic E-state index is 0. The van der Waals surface area contributed by atoms with Gasteiger partial charge in [-0.15, -0.1) is 19.3 Å². The fourth-order valence-corrected chi connectivity index (χ4v) is 4.07. The summed E-state index contributed by atoms with van der Waals surface area (Å²) in [5.74, 6) is 8.29. The largest absolute Gasteiger partial charge is 0.465 e. The van der Waals surface area contributed by atoms with E-state index in [9.17, 15) is 9.59 Å². The Morgan fingerprint density at radius 3 is 2.00 bits per heavy atom. The van der Waals surface area contributed by atoms with Gasteiger partial charge in [-0.1, -0.05) is 24.1 Å². The number of hydrogen-bond donors (Lipinski definition) is 0. The van der Waals surface area contributed by atoms with Crippen molar-refractivity contribution in [3.63, 3.8) is 0 Å². The molecule has 0 saturated heterocycles. The van der Waals surface area contributed by atoms with Crippen LogP contribution in [0.1, 0.15) is 47.6 Å². The molecule has 6 rings (SSSR count). The molecule has 0 bridgehead atoms. The van der Waals surface area contributed by atoms with Crippen molar-refractivity contribution in [1.82, 2.24) is 29.2 Å². The summed E-state index contributed by atoms with van der Waals surface area (Å²) in [5.41, 5.74) is 4.99. The summed E-state index contributed by atoms with van der Waals surface area (Å²) >= 11 is 2.15. The van der Waals surface area contributed by atoms with Gasteiger partial charge in [0.15, 0.2) is 17.1 Å². The number of terminal acetylenes is 2. The number of aromatic nitrogens is 6. The maximum Gasteiger partial charge on any atom is 0.337 e. The molecule has 9 nitrogen and oxygen atoms in total. The lowest BCUT2D eigenvalue weighted by atomic mass is 10.1. The van der Waals surface area contributed by atoms with E-state index < -0.39 is 0 Å². The molecule has 6 aromatic rings. The van der Waals surface area contributed by atoms with Crippen LogP contribution in [-0.2, 0) is 4.74 Å². The van der Waals surface area contributed by atoms with Gasteiger partial charge in [-0.2, -0.15) is 10.2 Å². The Balaban J connectivity index is 0.000000352. The second-order valence-electron chi connectivity index (χ2n) is 8.41. The lowest BCUT2D eigenvalue weighted by molar-refractivity contribution is 0.0600. The fourth-order valence-electron chi connectivity index (χ4n) is 3.53. The van der Waals surface area contributed by atoms with Crippen molar-refractivity contribution < 1.29 is 17.3 Å². The van der Waals surface area contributed by atoms with Crippen molar-refractivity contribution >= 4 is 54.1 Å². The van der Waals surface area contributed by atoms with Crippen LogP contribution in [0.3, 0.4) is 0 Å². The van der Waals surface area contributed by atoms with E-state index >= 15 is 0 Å². The molecule has 0 unspecified atom stereocenters. The van der Waals surface area contributed by atoms with E-state index in [2.05, 4.69) is 78.1 Å². The normalized spacial score (nSPS) is 9.33. The van der Waals surface area contributed by atoms with Crippen LogP contribution >= 0.6 is 22.6 Å². The minimum Gasteiger partial charge on any atom is -0.465 e. The van der Waals surface area contributed by atoms with Gasteiger partial charge < -0.3 is 4.74 Å². The highest BCUT2D eigenvalue weighted by Gasteiger charge is 2.04. The summed E-state index contributed by atoms with van der Waals surface area (Å²) in [4.78, 5) is 30.5. The monoisotopic (exact) mass is 707 g/mol. The molecule has 4 aromatic heterocycles. The fraction of sp³-hybridized carbons (Fsp3) is 0.0588. The smallest absolute Gasteiger partial charge is 0.337 e. The van der Waals surface area contributed by atoms with Crippen LogP contribution < -0.4 is 0 Å². The van der Waals surface area contributed by atoms with Gasteiger partial charge in [-0.3, -0.25) is 4.79 Å². The van der Waals surface area contributed by atoms with E-state index in [1.165, 1.54) is 7.11 Å². The van der Waals surface area contributed by atoms with Gasteiger partial charge in [0.25, 0.3) is 0 Å². The second kappa shape index (κ2) is 18.1. The number of methoxy groups -OCH3 is 1. The Morgan fingerprint density at radius 1 is 0.844 bits per heavy atom. The van der Waals surface area contributed by atoms with Crippen molar-refractivity contribution in [1.29, 1.82) is 0 Å². The van der Waals surface area contributed by atoms with Crippen molar-refractivity contribution in [2.24, 2.45) is 0 Å². The molecule has 4 heterocycles. The van der Waals surface area contributed by atoms with Gasteiger partial charge in [-0.05, 0) is 96.0 Å². The zero-order valence-corrected chi connectivity index (χ0v) is 26.5. The van der Waals surface area contributed by atoms with Gasteiger partial charge in [0, 0.05) is 38.5 Å². The number of ether oxygens (including phenoxy) is 1. The molecule has 45 heavy (non-hydrogen) atoms. The summed E-state index contributed by atoms with van der Waals surface area (Å²) in [6.45, 7) is 1.54. The van der Waals surface area contributed by atoms with Crippen LogP contribution in [0.5, 0.6) is 0 Å². The molecular weight excluding hydrogens is 678 g/mol. The van der Waals surface area contributed by atoms with Gasteiger partial charge in [0.1, 0.15) is 11.4 Å². The van der Waals surface area contributed by atoms with Crippen molar-refractivity contribution in [2.45, 2.75) is 6.92 Å². The molecule has 0 saturated carbocycles. The molecule has 3 radical (unpaired) electrons. The molecule has 11 heteroatoms. The molecule has 0 fully saturated rings. The van der Waals surface area contributed by atoms with Crippen LogP contribution in [0.2, 0.25) is 0 Å². The number of esters is 1. The first-order valence-electron chi connectivity index (χ1n) is 13.7. The molecule has 0 aliphatic carbocycles. The number of benzene rings is 2. The zero-order chi connectivity index (χ0) is 33.9. The van der Waals surface area contributed by atoms with E-state index in [0.717, 1.165) is 20.4 Å². The molecule has 0 amide bonds. The molecule has 221 valence electrons. The first-order valence-corrected chi connectivity index (χ1v) is 13.8. The number of fused-ring (bicyclic) bond motifs is 2. The maximum absolute atomic E-state index is 11.3. The summed E-state index contributed by atoms with van der Waals surface area (Å²) < 4.78 is 18.9. The van der Waals surface area contributed by atoms with E-state index in [-0.39, 0.29) is 20.2 Å². The molecule has 0 aliphatic heterocycles. The number of carbonyl (C=O) groups excluding carboxylic acids is 2. The molecule has 0 N–H and O–H groups in total. The maximum atomic E-state index is 11.3. The average Bonchev–Trinajstić information content (AvgIpc) is 3.73. The predicted octanol–water partition coefficient (Wildman–Crippen LogP) is 5.23. The molecule has 0 atom stereocenters. The summed E-state index contributed by atoms with van der Waals surface area (Å²) in [5, 5.41) is 8.22. The van der Waals surface area contributed by atoms with Gasteiger partial charge in [0.2, 0.25) is 0 Å². The van der Waals surface area contributed by atoms with Crippen LogP contribution in [0.25, 0.3) is 11.3 Å². The Labute approximate surface area is 279 Å². The van der Waals surface area contributed by atoms with Gasteiger partial charge >= 0.3 is 5.97 Å². The van der Waals surface area contributed by atoms with E-state index in [0.29, 0.717) is 22.5 Å². The lowest BCUT2D eigenvalue weighted by Crippen LogP contribution is -2.00. The Bertz CT molecular complexity index is 2040. The third kappa shape index (κ3) is 9.92. The van der Waals surface area contributed by atoms with Crippen molar-refractivity contribution in [3.8, 4) is 37.0 Å². The number of nitrogens with zero attached hydrogens (tertiary/aromatic N) is 6. The number of Topliss-reactive ketones (excluding diaryl/α,β-unsaturated/α-hetero) is 1. The number of hydrogen-bond acceptors (Lipinski definition) is 7. The number of rotatable bonds is 2. The summed E-state index contributed by atoms with van der Waals surface area (Å²) in [7, 11) is 1.38. The van der Waals surface area contributed by atoms with Crippen LogP contribution in [-0.4, -0.2) is 56.5 Å². The highest BCUT2D eigenvalue weighted by atomic mass is 127. The Kier molecular flexibility index (Phi) is 13.6. The highest BCUT2D eigenvalue weighted by Crippen LogP contribution is 2.09. The molecule has 0 spiro atoms. The molecular formula is C34H27BIN6O3. The number of carbonyl (C=O) groups is 2. The minimum atomic E-state index is -0.288. The quantitative estimate of drug-likeness (QED) is 0.0799. The number of halogens is 1. The third-order valence-electron chi connectivity index (χ3n) is 5.55. The molecule has 0 aliphatic rings. The van der Waals surface area contributed by atoms with Crippen LogP contribution in [0.15, 0.2) is 97.6 Å². The standard InChI is InChI=1S/C16H11N3O.C8H7IO2.C8H5N3.C2H2.B.H2/c1-12(20)14-5-2-4-13(10-14)7-8-15-11-17-16-6-3-9-18-19(15)16;1-11-8(10)6-3-2-4-7(9)5-6;1-2-7-6-9-8-4-3-5-10-11(7)8;1-2;;/h2-6,9-11H,1H3;2-5H,1H3;1,3-6H;1-2H;;1H/i;;;;;1+1D. The van der Waals surface area contributed by atoms with Crippen molar-refractivity contribution in [3.05, 3.63) is 129 Å². The number of imidazole rings is 2. The first kappa shape index (κ1) is 33.8. The zero-order valence-electron chi connectivity index (χ0n) is 26.3. The second-order valence-corrected chi connectivity index (χ2v) is 9.65. The van der Waals surface area contributed by atoms with Crippen LogP contribution in [0.4, 0.5) is 0 Å². The summed E-state index contributed by atoms with van der Waals surface area (Å²) in [6.07, 6.45) is 19.9. The van der Waals surface area contributed by atoms with E-state index in [1.807, 2.05) is 48.5 Å². The predicted molar refractivity (Wildman–Crippen MR) is 185 cm³/mol. The number of ketones is 1. The Hall–Kier alpha value is -5.71. The topological polar surface area (TPSA) is 104 Å². The van der Waals surface area contributed by atoms with Gasteiger partial charge in [-0.25, -0.2) is 23.8 Å². The lowest BCUT2D eigenvalue weighted by Gasteiger charge is -1.97. The van der Waals surface area contributed by atoms with E-state index in [1.54, 1.807) is 65.0 Å². The average molecular weight is 707 g/mol. The Morgan fingerprint density at radius 2 is 1.42 bits per heavy atom. The summed E-state index contributed by atoms with van der Waals surface area (Å²) in [6, 6.07) is 21.9. The first-order chi connectivity index (χ1) is 22.4. The van der Waals surface area contributed by atoms with Crippen LogP contribution in [0, 0.1) is 40.6 Å². The highest BCUT2D eigenvalue weighted by molar-refractivity contribution is 14.1. The van der Waals surface area contributed by atoms with Crippen molar-refractivity contribution in [2.75, 3.05) is 7.11 Å².